The summed E-state index contributed by atoms with van der Waals surface area (Å²) in [6, 6.07) is 6.92. The van der Waals surface area contributed by atoms with Crippen molar-refractivity contribution in [3.05, 3.63) is 34.9 Å². The lowest BCUT2D eigenvalue weighted by Crippen LogP contribution is -1.77. The Labute approximate surface area is 63.7 Å². The highest BCUT2D eigenvalue weighted by Crippen LogP contribution is 2.11. The number of halogens is 1. The van der Waals surface area contributed by atoms with Gasteiger partial charge < -0.3 is 5.48 Å². The fourth-order valence-electron chi connectivity index (χ4n) is 0.571. The van der Waals surface area contributed by atoms with Crippen LogP contribution in [0.25, 0.3) is 0 Å². The predicted octanol–water partition coefficient (Wildman–Crippen LogP) is 1.33. The minimum absolute atomic E-state index is 0. The summed E-state index contributed by atoms with van der Waals surface area (Å²) in [7, 11) is 0. The van der Waals surface area contributed by atoms with Gasteiger partial charge in [0.2, 0.25) is 0 Å². The Morgan fingerprint density at radius 1 is 1.30 bits per heavy atom. The lowest BCUT2D eigenvalue weighted by molar-refractivity contribution is 0.112. The molecule has 0 spiro atoms. The Morgan fingerprint density at radius 3 is 2.30 bits per heavy atom. The van der Waals surface area contributed by atoms with Crippen LogP contribution in [-0.4, -0.2) is 11.8 Å². The van der Waals surface area contributed by atoms with Gasteiger partial charge in [0.1, 0.15) is 0 Å². The third-order valence-corrected chi connectivity index (χ3v) is 1.38. The molecule has 0 aliphatic rings. The van der Waals surface area contributed by atoms with Gasteiger partial charge in [0.05, 0.1) is 5.02 Å². The molecule has 0 aromatic heterocycles. The van der Waals surface area contributed by atoms with Crippen molar-refractivity contribution in [1.29, 1.82) is 0 Å². The number of carbonyl (C=O) groups excluding carboxylic acids is 1. The van der Waals surface area contributed by atoms with Crippen LogP contribution in [0.15, 0.2) is 24.3 Å². The van der Waals surface area contributed by atoms with Crippen molar-refractivity contribution >= 4 is 17.9 Å². The van der Waals surface area contributed by atoms with Crippen molar-refractivity contribution < 1.29 is 10.3 Å². The quantitative estimate of drug-likeness (QED) is 0.569. The maximum absolute atomic E-state index is 10.1. The largest absolute Gasteiger partial charge is 0.412 e. The van der Waals surface area contributed by atoms with Crippen molar-refractivity contribution in [1.82, 2.24) is 0 Å². The van der Waals surface area contributed by atoms with Crippen molar-refractivity contribution in [3.8, 4) is 0 Å². The maximum Gasteiger partial charge on any atom is 0.151 e. The first-order valence-corrected chi connectivity index (χ1v) is 2.92. The number of hydrogen-bond acceptors (Lipinski definition) is 1. The van der Waals surface area contributed by atoms with Crippen molar-refractivity contribution in [2.75, 3.05) is 0 Å². The lowest BCUT2D eigenvalue weighted by Gasteiger charge is -1.90. The Balaban J connectivity index is 0.000000810. The van der Waals surface area contributed by atoms with E-state index >= 15 is 0 Å². The summed E-state index contributed by atoms with van der Waals surface area (Å²) in [6.45, 7) is 0. The molecule has 1 aromatic rings. The summed E-state index contributed by atoms with van der Waals surface area (Å²) in [5, 5.41) is 0.507. The van der Waals surface area contributed by atoms with Crippen LogP contribution in [0.3, 0.4) is 0 Å². The molecule has 0 saturated heterocycles. The molecule has 0 unspecified atom stereocenters. The summed E-state index contributed by atoms with van der Waals surface area (Å²) in [4.78, 5) is 10.1. The lowest BCUT2D eigenvalue weighted by atomic mass is 10.2. The number of benzene rings is 1. The minimum atomic E-state index is 0. The van der Waals surface area contributed by atoms with Crippen LogP contribution in [0.1, 0.15) is 10.4 Å². The van der Waals surface area contributed by atoms with Gasteiger partial charge in [-0.3, -0.25) is 4.79 Å². The number of aldehydes is 1. The second-order valence-corrected chi connectivity index (χ2v) is 2.05. The molecule has 0 amide bonds. The monoisotopic (exact) mass is 158 g/mol. The zero-order chi connectivity index (χ0) is 6.69. The topological polar surface area (TPSA) is 48.6 Å². The fraction of sp³-hybridized carbons (Fsp3) is 0. The van der Waals surface area contributed by atoms with Crippen LogP contribution >= 0.6 is 11.6 Å². The van der Waals surface area contributed by atoms with E-state index < -0.39 is 0 Å². The molecule has 0 radical (unpaired) electrons. The van der Waals surface area contributed by atoms with Crippen LogP contribution in [-0.2, 0) is 0 Å². The van der Waals surface area contributed by atoms with E-state index in [1.165, 1.54) is 0 Å². The molecule has 0 saturated carbocycles. The van der Waals surface area contributed by atoms with E-state index in [0.717, 1.165) is 6.29 Å². The van der Waals surface area contributed by atoms with E-state index in [-0.39, 0.29) is 5.48 Å². The van der Waals surface area contributed by atoms with E-state index in [4.69, 9.17) is 11.6 Å². The Bertz CT molecular complexity index is 223. The smallest absolute Gasteiger partial charge is 0.151 e. The predicted molar refractivity (Wildman–Crippen MR) is 40.5 cm³/mol. The van der Waals surface area contributed by atoms with Gasteiger partial charge >= 0.3 is 0 Å². The SMILES string of the molecule is O.O=Cc1ccccc1Cl. The van der Waals surface area contributed by atoms with E-state index in [1.807, 2.05) is 0 Å². The minimum Gasteiger partial charge on any atom is -0.412 e. The van der Waals surface area contributed by atoms with Crippen molar-refractivity contribution in [2.45, 2.75) is 0 Å². The average Bonchev–Trinajstić information content (AvgIpc) is 1.89. The zero-order valence-corrected chi connectivity index (χ0v) is 5.93. The number of rotatable bonds is 1. The van der Waals surface area contributed by atoms with E-state index in [2.05, 4.69) is 0 Å². The summed E-state index contributed by atoms with van der Waals surface area (Å²) in [6.07, 6.45) is 0.738. The molecule has 3 heteroatoms. The van der Waals surface area contributed by atoms with Gasteiger partial charge in [-0.2, -0.15) is 0 Å². The summed E-state index contributed by atoms with van der Waals surface area (Å²) in [5.41, 5.74) is 0.541. The van der Waals surface area contributed by atoms with E-state index in [9.17, 15) is 4.79 Å². The summed E-state index contributed by atoms with van der Waals surface area (Å²) >= 11 is 5.59. The van der Waals surface area contributed by atoms with Gasteiger partial charge in [-0.05, 0) is 6.07 Å². The summed E-state index contributed by atoms with van der Waals surface area (Å²) in [5.74, 6) is 0. The fourth-order valence-corrected chi connectivity index (χ4v) is 0.751. The third kappa shape index (κ3) is 1.83. The first-order valence-electron chi connectivity index (χ1n) is 2.54. The molecular weight excluding hydrogens is 152 g/mol. The van der Waals surface area contributed by atoms with Gasteiger partial charge in [0.15, 0.2) is 6.29 Å². The molecule has 0 bridgehead atoms. The third-order valence-electron chi connectivity index (χ3n) is 1.03. The van der Waals surface area contributed by atoms with Gasteiger partial charge in [-0.25, -0.2) is 0 Å². The maximum atomic E-state index is 10.1. The second kappa shape index (κ2) is 4.04. The highest BCUT2D eigenvalue weighted by atomic mass is 35.5. The molecule has 1 rings (SSSR count). The Hall–Kier alpha value is -0.860. The highest BCUT2D eigenvalue weighted by molar-refractivity contribution is 6.32. The summed E-state index contributed by atoms with van der Waals surface area (Å²) < 4.78 is 0. The van der Waals surface area contributed by atoms with Crippen LogP contribution in [0.4, 0.5) is 0 Å². The molecule has 10 heavy (non-hydrogen) atoms. The van der Waals surface area contributed by atoms with Crippen LogP contribution < -0.4 is 0 Å². The first-order chi connectivity index (χ1) is 4.34. The first kappa shape index (κ1) is 9.14. The molecule has 2 nitrogen and oxygen atoms in total. The molecule has 54 valence electrons. The second-order valence-electron chi connectivity index (χ2n) is 1.64. The molecule has 0 aliphatic carbocycles. The number of hydrogen-bond donors (Lipinski definition) is 0. The van der Waals surface area contributed by atoms with Gasteiger partial charge in [0.25, 0.3) is 0 Å². The standard InChI is InChI=1S/C7H5ClO.H2O/c8-7-4-2-1-3-6(7)5-9;/h1-5H;1H2. The van der Waals surface area contributed by atoms with Gasteiger partial charge in [-0.1, -0.05) is 29.8 Å². The van der Waals surface area contributed by atoms with Gasteiger partial charge in [0, 0.05) is 5.56 Å². The number of carbonyl (C=O) groups is 1. The Kier molecular flexibility index (Phi) is 3.69. The molecule has 0 aliphatic heterocycles. The molecule has 0 heterocycles. The van der Waals surface area contributed by atoms with Crippen molar-refractivity contribution in [3.63, 3.8) is 0 Å². The molecule has 2 N–H and O–H groups in total. The normalized spacial score (nSPS) is 8.10. The van der Waals surface area contributed by atoms with Crippen LogP contribution in [0.5, 0.6) is 0 Å². The van der Waals surface area contributed by atoms with Crippen LogP contribution in [0.2, 0.25) is 5.02 Å². The van der Waals surface area contributed by atoms with Crippen LogP contribution in [0, 0.1) is 0 Å². The average molecular weight is 159 g/mol. The van der Waals surface area contributed by atoms with E-state index in [1.54, 1.807) is 24.3 Å². The molecular formula is C7H7ClO2. The van der Waals surface area contributed by atoms with Crippen molar-refractivity contribution in [2.24, 2.45) is 0 Å². The molecule has 0 fully saturated rings. The Morgan fingerprint density at radius 2 is 1.90 bits per heavy atom. The van der Waals surface area contributed by atoms with Gasteiger partial charge in [-0.15, -0.1) is 0 Å². The molecule has 0 atom stereocenters. The molecule has 1 aromatic carbocycles. The van der Waals surface area contributed by atoms with E-state index in [0.29, 0.717) is 10.6 Å². The highest BCUT2D eigenvalue weighted by Gasteiger charge is 1.92. The zero-order valence-electron chi connectivity index (χ0n) is 5.17.